The predicted octanol–water partition coefficient (Wildman–Crippen LogP) is 2.83. The molecular weight excluding hydrogens is 278 g/mol. The number of carbonyl (C=O) groups is 1. The molecule has 0 aromatic carbocycles. The first-order valence-corrected chi connectivity index (χ1v) is 8.51. The lowest BCUT2D eigenvalue weighted by Gasteiger charge is -2.45. The van der Waals surface area contributed by atoms with Gasteiger partial charge in [-0.15, -0.1) is 0 Å². The van der Waals surface area contributed by atoms with E-state index in [1.165, 1.54) is 50.5 Å². The molecule has 3 saturated carbocycles. The first-order chi connectivity index (χ1) is 10.6. The highest BCUT2D eigenvalue weighted by molar-refractivity contribution is 5.93. The molecule has 1 aromatic heterocycles. The summed E-state index contributed by atoms with van der Waals surface area (Å²) in [6.07, 6.45) is 8.13. The van der Waals surface area contributed by atoms with Gasteiger partial charge in [-0.3, -0.25) is 4.79 Å². The maximum atomic E-state index is 12.3. The maximum Gasteiger partial charge on any atom is 0.335 e. The zero-order chi connectivity index (χ0) is 15.3. The van der Waals surface area contributed by atoms with E-state index in [0.29, 0.717) is 11.5 Å². The Kier molecular flexibility index (Phi) is 3.35. The Morgan fingerprint density at radius 2 is 2.00 bits per heavy atom. The normalized spacial score (nSPS) is 37.0. The fraction of sp³-hybridized carbons (Fsp3) is 0.667. The van der Waals surface area contributed by atoms with Gasteiger partial charge in [0, 0.05) is 12.1 Å². The Morgan fingerprint density at radius 1 is 1.23 bits per heavy atom. The van der Waals surface area contributed by atoms with Gasteiger partial charge in [-0.25, -0.2) is 4.79 Å². The molecule has 3 bridgehead atoms. The van der Waals surface area contributed by atoms with Crippen LogP contribution in [0.4, 0.5) is 0 Å². The Hall–Kier alpha value is -1.58. The van der Waals surface area contributed by atoms with Crippen LogP contribution < -0.4 is 10.9 Å². The molecule has 3 fully saturated rings. The van der Waals surface area contributed by atoms with Gasteiger partial charge in [0.1, 0.15) is 6.26 Å². The molecule has 0 saturated heterocycles. The lowest BCUT2D eigenvalue weighted by atomic mass is 9.62. The lowest BCUT2D eigenvalue weighted by molar-refractivity contribution is 0.0518. The van der Waals surface area contributed by atoms with Gasteiger partial charge in [0.2, 0.25) is 0 Å². The third-order valence-electron chi connectivity index (χ3n) is 6.33. The van der Waals surface area contributed by atoms with E-state index in [1.54, 1.807) is 0 Å². The standard InChI is InChI=1S/C18H23NO3/c1-10(19-18(21)14-4-5-16(20)22-9-14)17-13-3-2-12-6-11(7-13)8-15(12)17/h4-5,9-13,15,17H,2-3,6-8H2,1H3,(H,19,21)/t10-,11+,12-,13+,15-,17-/m0/s1. The molecule has 0 unspecified atom stereocenters. The molecular formula is C18H23NO3. The highest BCUT2D eigenvalue weighted by Crippen LogP contribution is 2.58. The van der Waals surface area contributed by atoms with Crippen molar-refractivity contribution >= 4 is 5.91 Å². The molecule has 1 aromatic rings. The smallest absolute Gasteiger partial charge is 0.335 e. The molecule has 4 rings (SSSR count). The zero-order valence-electron chi connectivity index (χ0n) is 13.0. The summed E-state index contributed by atoms with van der Waals surface area (Å²) in [5.41, 5.74) is 0.00269. The molecule has 4 heteroatoms. The van der Waals surface area contributed by atoms with Gasteiger partial charge in [0.05, 0.1) is 5.56 Å². The maximum absolute atomic E-state index is 12.3. The predicted molar refractivity (Wildman–Crippen MR) is 82.4 cm³/mol. The molecule has 3 aliphatic rings. The fourth-order valence-electron chi connectivity index (χ4n) is 5.60. The average molecular weight is 301 g/mol. The van der Waals surface area contributed by atoms with Crippen molar-refractivity contribution < 1.29 is 9.21 Å². The number of hydrogen-bond acceptors (Lipinski definition) is 3. The van der Waals surface area contributed by atoms with E-state index >= 15 is 0 Å². The van der Waals surface area contributed by atoms with Crippen molar-refractivity contribution in [1.82, 2.24) is 5.32 Å². The summed E-state index contributed by atoms with van der Waals surface area (Å²) >= 11 is 0. The Balaban J connectivity index is 1.48. The Morgan fingerprint density at radius 3 is 2.77 bits per heavy atom. The van der Waals surface area contributed by atoms with Crippen LogP contribution in [0.5, 0.6) is 0 Å². The first kappa shape index (κ1) is 14.0. The van der Waals surface area contributed by atoms with Crippen LogP contribution in [0, 0.1) is 29.6 Å². The number of amides is 1. The number of hydrogen-bond donors (Lipinski definition) is 1. The van der Waals surface area contributed by atoms with Crippen molar-refractivity contribution in [1.29, 1.82) is 0 Å². The van der Waals surface area contributed by atoms with E-state index in [0.717, 1.165) is 23.7 Å². The summed E-state index contributed by atoms with van der Waals surface area (Å²) in [7, 11) is 0. The zero-order valence-corrected chi connectivity index (χ0v) is 13.0. The molecule has 1 amide bonds. The minimum atomic E-state index is -0.425. The number of carbonyl (C=O) groups excluding carboxylic acids is 1. The number of rotatable bonds is 3. The molecule has 118 valence electrons. The highest BCUT2D eigenvalue weighted by atomic mass is 16.4. The monoisotopic (exact) mass is 301 g/mol. The van der Waals surface area contributed by atoms with Crippen molar-refractivity contribution in [3.8, 4) is 0 Å². The summed E-state index contributed by atoms with van der Waals surface area (Å²) in [5, 5.41) is 3.15. The number of nitrogens with one attached hydrogen (secondary N) is 1. The quantitative estimate of drug-likeness (QED) is 0.934. The molecule has 0 spiro atoms. The van der Waals surface area contributed by atoms with Crippen LogP contribution in [0.25, 0.3) is 0 Å². The van der Waals surface area contributed by atoms with E-state index in [9.17, 15) is 9.59 Å². The van der Waals surface area contributed by atoms with Gasteiger partial charge in [-0.2, -0.15) is 0 Å². The Bertz CT molecular complexity index is 617. The summed E-state index contributed by atoms with van der Waals surface area (Å²) in [6.45, 7) is 2.15. The van der Waals surface area contributed by atoms with Crippen molar-refractivity contribution in [2.24, 2.45) is 29.6 Å². The molecule has 22 heavy (non-hydrogen) atoms. The van der Waals surface area contributed by atoms with Gasteiger partial charge in [0.25, 0.3) is 5.91 Å². The third-order valence-corrected chi connectivity index (χ3v) is 6.33. The molecule has 0 radical (unpaired) electrons. The lowest BCUT2D eigenvalue weighted by Crippen LogP contribution is -2.48. The summed E-state index contributed by atoms with van der Waals surface area (Å²) in [5.74, 6) is 3.92. The van der Waals surface area contributed by atoms with Gasteiger partial charge >= 0.3 is 5.63 Å². The van der Waals surface area contributed by atoms with Crippen LogP contribution in [0.15, 0.2) is 27.6 Å². The van der Waals surface area contributed by atoms with Crippen LogP contribution in [0.3, 0.4) is 0 Å². The van der Waals surface area contributed by atoms with Gasteiger partial charge in [-0.05, 0) is 74.7 Å². The van der Waals surface area contributed by atoms with Crippen LogP contribution >= 0.6 is 0 Å². The topological polar surface area (TPSA) is 59.3 Å². The Labute approximate surface area is 130 Å². The van der Waals surface area contributed by atoms with Crippen LogP contribution in [-0.2, 0) is 0 Å². The van der Waals surface area contributed by atoms with Crippen molar-refractivity contribution in [3.63, 3.8) is 0 Å². The minimum Gasteiger partial charge on any atom is -0.430 e. The van der Waals surface area contributed by atoms with Gasteiger partial charge < -0.3 is 9.73 Å². The van der Waals surface area contributed by atoms with E-state index in [2.05, 4.69) is 12.2 Å². The molecule has 0 aliphatic heterocycles. The molecule has 1 N–H and O–H groups in total. The third kappa shape index (κ3) is 2.29. The fourth-order valence-corrected chi connectivity index (χ4v) is 5.60. The second-order valence-electron chi connectivity index (χ2n) is 7.52. The van der Waals surface area contributed by atoms with Gasteiger partial charge in [0.15, 0.2) is 0 Å². The second-order valence-corrected chi connectivity index (χ2v) is 7.52. The molecule has 6 atom stereocenters. The van der Waals surface area contributed by atoms with E-state index in [-0.39, 0.29) is 11.9 Å². The minimum absolute atomic E-state index is 0.132. The largest absolute Gasteiger partial charge is 0.430 e. The average Bonchev–Trinajstić information content (AvgIpc) is 2.70. The number of fused-ring (bicyclic) bond motifs is 2. The first-order valence-electron chi connectivity index (χ1n) is 8.51. The molecule has 4 nitrogen and oxygen atoms in total. The van der Waals surface area contributed by atoms with Crippen LogP contribution in [0.2, 0.25) is 0 Å². The van der Waals surface area contributed by atoms with Crippen LogP contribution in [0.1, 0.15) is 49.4 Å². The summed E-state index contributed by atoms with van der Waals surface area (Å²) in [4.78, 5) is 23.3. The van der Waals surface area contributed by atoms with E-state index in [1.807, 2.05) is 0 Å². The van der Waals surface area contributed by atoms with Crippen molar-refractivity contribution in [3.05, 3.63) is 34.4 Å². The SMILES string of the molecule is C[C@H](NC(=O)c1ccc(=O)oc1)[C@H]1[C@@H]2CC[C@H]3C[C@H](C2)C[C@@H]31. The van der Waals surface area contributed by atoms with E-state index in [4.69, 9.17) is 4.42 Å². The van der Waals surface area contributed by atoms with E-state index < -0.39 is 5.63 Å². The van der Waals surface area contributed by atoms with Crippen molar-refractivity contribution in [2.75, 3.05) is 0 Å². The van der Waals surface area contributed by atoms with Crippen LogP contribution in [-0.4, -0.2) is 11.9 Å². The van der Waals surface area contributed by atoms with Gasteiger partial charge in [-0.1, -0.05) is 0 Å². The summed E-state index contributed by atoms with van der Waals surface area (Å²) < 4.78 is 4.79. The van der Waals surface area contributed by atoms with Crippen molar-refractivity contribution in [2.45, 2.75) is 45.1 Å². The highest BCUT2D eigenvalue weighted by Gasteiger charge is 2.51. The summed E-state index contributed by atoms with van der Waals surface area (Å²) in [6, 6.07) is 3.02. The molecule has 3 aliphatic carbocycles. The second kappa shape index (κ2) is 5.25. The molecule has 1 heterocycles.